The highest BCUT2D eigenvalue weighted by Gasteiger charge is 2.15. The summed E-state index contributed by atoms with van der Waals surface area (Å²) in [7, 11) is 0. The molecule has 0 saturated carbocycles. The summed E-state index contributed by atoms with van der Waals surface area (Å²) in [5.41, 5.74) is 2.75. The van der Waals surface area contributed by atoms with Crippen molar-refractivity contribution in [2.45, 2.75) is 37.3 Å². The number of benzene rings is 2. The number of hydrogen-bond acceptors (Lipinski definition) is 3. The van der Waals surface area contributed by atoms with E-state index in [4.69, 9.17) is 0 Å². The molecule has 0 aliphatic carbocycles. The molecule has 2 N–H and O–H groups in total. The highest BCUT2D eigenvalue weighted by molar-refractivity contribution is 8.00. The number of para-hydroxylation sites is 1. The van der Waals surface area contributed by atoms with Gasteiger partial charge in [-0.15, -0.1) is 11.8 Å². The van der Waals surface area contributed by atoms with E-state index in [-0.39, 0.29) is 17.1 Å². The van der Waals surface area contributed by atoms with Gasteiger partial charge in [-0.05, 0) is 49.2 Å². The van der Waals surface area contributed by atoms with E-state index in [0.717, 1.165) is 28.3 Å². The lowest BCUT2D eigenvalue weighted by Crippen LogP contribution is -2.23. The maximum atomic E-state index is 12.4. The average Bonchev–Trinajstić information content (AvgIpc) is 2.56. The van der Waals surface area contributed by atoms with Crippen LogP contribution in [0.5, 0.6) is 0 Å². The van der Waals surface area contributed by atoms with E-state index >= 15 is 0 Å². The summed E-state index contributed by atoms with van der Waals surface area (Å²) in [6.45, 7) is 5.43. The largest absolute Gasteiger partial charge is 0.326 e. The molecule has 0 heterocycles. The van der Waals surface area contributed by atoms with Gasteiger partial charge in [-0.2, -0.15) is 0 Å². The summed E-state index contributed by atoms with van der Waals surface area (Å²) in [5, 5.41) is 5.51. The Kier molecular flexibility index (Phi) is 6.44. The molecule has 126 valence electrons. The van der Waals surface area contributed by atoms with Crippen molar-refractivity contribution in [1.82, 2.24) is 0 Å². The fourth-order valence-corrected chi connectivity index (χ4v) is 3.13. The van der Waals surface area contributed by atoms with Crippen LogP contribution in [0.25, 0.3) is 0 Å². The summed E-state index contributed by atoms with van der Waals surface area (Å²) < 4.78 is 0. The molecule has 0 spiro atoms. The minimum atomic E-state index is -0.221. The minimum Gasteiger partial charge on any atom is -0.326 e. The molecule has 0 aromatic heterocycles. The number of thioether (sulfide) groups is 1. The van der Waals surface area contributed by atoms with Gasteiger partial charge in [-0.3, -0.25) is 9.59 Å². The molecule has 0 fully saturated rings. The minimum absolute atomic E-state index is 0.0214. The fourth-order valence-electron chi connectivity index (χ4n) is 2.26. The van der Waals surface area contributed by atoms with E-state index in [1.165, 1.54) is 18.7 Å². The van der Waals surface area contributed by atoms with Crippen LogP contribution in [0.3, 0.4) is 0 Å². The maximum Gasteiger partial charge on any atom is 0.237 e. The van der Waals surface area contributed by atoms with Crippen LogP contribution in [-0.4, -0.2) is 17.1 Å². The van der Waals surface area contributed by atoms with Gasteiger partial charge in [0.05, 0.1) is 5.25 Å². The zero-order chi connectivity index (χ0) is 17.5. The molecule has 0 bridgehead atoms. The van der Waals surface area contributed by atoms with Gasteiger partial charge >= 0.3 is 0 Å². The van der Waals surface area contributed by atoms with E-state index in [2.05, 4.69) is 17.6 Å². The molecule has 24 heavy (non-hydrogen) atoms. The number of hydrogen-bond donors (Lipinski definition) is 2. The Morgan fingerprint density at radius 2 is 1.71 bits per heavy atom. The normalized spacial score (nSPS) is 11.6. The van der Waals surface area contributed by atoms with E-state index in [9.17, 15) is 9.59 Å². The van der Waals surface area contributed by atoms with Crippen molar-refractivity contribution in [1.29, 1.82) is 0 Å². The maximum absolute atomic E-state index is 12.4. The molecule has 0 aliphatic heterocycles. The van der Waals surface area contributed by atoms with Crippen LogP contribution in [0.15, 0.2) is 53.4 Å². The first-order valence-electron chi connectivity index (χ1n) is 7.92. The van der Waals surface area contributed by atoms with Gasteiger partial charge in [0.2, 0.25) is 11.8 Å². The molecule has 1 atom stereocenters. The Morgan fingerprint density at radius 3 is 2.33 bits per heavy atom. The van der Waals surface area contributed by atoms with Gasteiger partial charge in [-0.1, -0.05) is 25.1 Å². The summed E-state index contributed by atoms with van der Waals surface area (Å²) in [4.78, 5) is 24.4. The topological polar surface area (TPSA) is 58.2 Å². The van der Waals surface area contributed by atoms with E-state index in [1.807, 2.05) is 55.5 Å². The Bertz CT molecular complexity index is 714. The summed E-state index contributed by atoms with van der Waals surface area (Å²) >= 11 is 1.49. The third-order valence-electron chi connectivity index (χ3n) is 3.51. The zero-order valence-corrected chi connectivity index (χ0v) is 14.9. The van der Waals surface area contributed by atoms with Gasteiger partial charge < -0.3 is 10.6 Å². The molecule has 0 saturated heterocycles. The number of aryl methyl sites for hydroxylation is 1. The first-order valence-corrected chi connectivity index (χ1v) is 8.80. The predicted octanol–water partition coefficient (Wildman–Crippen LogP) is 4.33. The monoisotopic (exact) mass is 342 g/mol. The van der Waals surface area contributed by atoms with Crippen LogP contribution in [0.1, 0.15) is 26.3 Å². The number of amides is 2. The third-order valence-corrected chi connectivity index (χ3v) is 4.62. The number of nitrogens with one attached hydrogen (secondary N) is 2. The average molecular weight is 342 g/mol. The van der Waals surface area contributed by atoms with E-state index < -0.39 is 0 Å². The summed E-state index contributed by atoms with van der Waals surface area (Å²) in [6, 6.07) is 15.3. The summed E-state index contributed by atoms with van der Waals surface area (Å²) in [6.07, 6.45) is 0.878. The van der Waals surface area contributed by atoms with Crippen molar-refractivity contribution in [2.75, 3.05) is 10.6 Å². The van der Waals surface area contributed by atoms with Gasteiger partial charge in [0.1, 0.15) is 0 Å². The molecular weight excluding hydrogens is 320 g/mol. The number of anilines is 2. The number of carbonyl (C=O) groups excluding carboxylic acids is 2. The van der Waals surface area contributed by atoms with Crippen molar-refractivity contribution in [3.63, 3.8) is 0 Å². The first-order chi connectivity index (χ1) is 11.5. The second-order valence-corrected chi connectivity index (χ2v) is 6.88. The Morgan fingerprint density at radius 1 is 1.04 bits per heavy atom. The second-order valence-electron chi connectivity index (χ2n) is 5.47. The molecule has 4 nitrogen and oxygen atoms in total. The third kappa shape index (κ3) is 5.13. The van der Waals surface area contributed by atoms with Crippen LogP contribution < -0.4 is 10.6 Å². The second kappa shape index (κ2) is 8.55. The molecule has 0 aliphatic rings. The lowest BCUT2D eigenvalue weighted by molar-refractivity contribution is -0.115. The van der Waals surface area contributed by atoms with Crippen LogP contribution in [0, 0.1) is 0 Å². The van der Waals surface area contributed by atoms with Crippen molar-refractivity contribution < 1.29 is 9.59 Å². The van der Waals surface area contributed by atoms with Gasteiger partial charge in [0.25, 0.3) is 0 Å². The smallest absolute Gasteiger partial charge is 0.237 e. The van der Waals surface area contributed by atoms with Gasteiger partial charge in [0, 0.05) is 23.2 Å². The molecule has 2 amide bonds. The van der Waals surface area contributed by atoms with Crippen molar-refractivity contribution in [3.8, 4) is 0 Å². The Hall–Kier alpha value is -2.27. The number of carbonyl (C=O) groups is 2. The quantitative estimate of drug-likeness (QED) is 0.768. The highest BCUT2D eigenvalue weighted by Crippen LogP contribution is 2.26. The zero-order valence-electron chi connectivity index (χ0n) is 14.1. The molecule has 2 aromatic carbocycles. The Balaban J connectivity index is 1.97. The first kappa shape index (κ1) is 18.1. The van der Waals surface area contributed by atoms with Crippen molar-refractivity contribution in [3.05, 3.63) is 54.1 Å². The van der Waals surface area contributed by atoms with Crippen molar-refractivity contribution in [2.24, 2.45) is 0 Å². The van der Waals surface area contributed by atoms with Crippen LogP contribution in [0.4, 0.5) is 11.4 Å². The lowest BCUT2D eigenvalue weighted by Gasteiger charge is -2.14. The summed E-state index contributed by atoms with van der Waals surface area (Å²) in [5.74, 6) is -0.121. The SMILES string of the molecule is CCc1ccccc1NC(=O)C(C)Sc1ccc(NC(C)=O)cc1. The van der Waals surface area contributed by atoms with E-state index in [0.29, 0.717) is 0 Å². The molecule has 2 aromatic rings. The molecule has 2 rings (SSSR count). The van der Waals surface area contributed by atoms with E-state index in [1.54, 1.807) is 0 Å². The number of rotatable bonds is 6. The fraction of sp³-hybridized carbons (Fsp3) is 0.263. The standard InChI is InChI=1S/C19H22N2O2S/c1-4-15-7-5-6-8-18(15)21-19(23)13(2)24-17-11-9-16(10-12-17)20-14(3)22/h5-13H,4H2,1-3H3,(H,20,22)(H,21,23). The van der Waals surface area contributed by atoms with Gasteiger partial charge in [-0.25, -0.2) is 0 Å². The predicted molar refractivity (Wildman–Crippen MR) is 101 cm³/mol. The molecule has 0 radical (unpaired) electrons. The van der Waals surface area contributed by atoms with Crippen LogP contribution in [-0.2, 0) is 16.0 Å². The van der Waals surface area contributed by atoms with Crippen molar-refractivity contribution >= 4 is 35.0 Å². The van der Waals surface area contributed by atoms with Crippen LogP contribution >= 0.6 is 11.8 Å². The van der Waals surface area contributed by atoms with Crippen LogP contribution in [0.2, 0.25) is 0 Å². The lowest BCUT2D eigenvalue weighted by atomic mass is 10.1. The molecule has 1 unspecified atom stereocenters. The Labute approximate surface area is 147 Å². The molecular formula is C19H22N2O2S. The van der Waals surface area contributed by atoms with Gasteiger partial charge in [0.15, 0.2) is 0 Å². The highest BCUT2D eigenvalue weighted by atomic mass is 32.2. The molecule has 5 heteroatoms.